The fourth-order valence-electron chi connectivity index (χ4n) is 3.11. The molecule has 0 bridgehead atoms. The molecule has 0 radical (unpaired) electrons. The molecule has 0 unspecified atom stereocenters. The van der Waals surface area contributed by atoms with Gasteiger partial charge in [0.2, 0.25) is 5.95 Å². The maximum Gasteiger partial charge on any atom is 0.227 e. The van der Waals surface area contributed by atoms with E-state index in [1.54, 1.807) is 44.7 Å². The van der Waals surface area contributed by atoms with Crippen LogP contribution in [0, 0.1) is 5.92 Å². The molecule has 1 aromatic carbocycles. The zero-order chi connectivity index (χ0) is 17.8. The van der Waals surface area contributed by atoms with Crippen LogP contribution in [-0.4, -0.2) is 43.1 Å². The molecule has 1 aliphatic heterocycles. The van der Waals surface area contributed by atoms with Crippen LogP contribution < -0.4 is 20.1 Å². The van der Waals surface area contributed by atoms with E-state index in [2.05, 4.69) is 9.97 Å². The highest BCUT2D eigenvalue weighted by molar-refractivity contribution is 5.98. The number of nitrogens with zero attached hydrogens (tertiary/aromatic N) is 3. The number of anilines is 2. The number of hydrogen-bond acceptors (Lipinski definition) is 7. The second kappa shape index (κ2) is 7.38. The summed E-state index contributed by atoms with van der Waals surface area (Å²) in [7, 11) is 3.13. The lowest BCUT2D eigenvalue weighted by molar-refractivity contribution is 0.0906. The van der Waals surface area contributed by atoms with Gasteiger partial charge in [-0.25, -0.2) is 4.98 Å². The first kappa shape index (κ1) is 17.0. The third kappa shape index (κ3) is 3.65. The number of methoxy groups -OCH3 is 2. The molecule has 1 saturated heterocycles. The van der Waals surface area contributed by atoms with E-state index in [4.69, 9.17) is 15.2 Å². The molecule has 0 saturated carbocycles. The first-order valence-corrected chi connectivity index (χ1v) is 8.22. The van der Waals surface area contributed by atoms with E-state index < -0.39 is 0 Å². The number of carbonyl (C=O) groups excluding carboxylic acids is 1. The minimum atomic E-state index is -0.114. The molecule has 1 aliphatic rings. The van der Waals surface area contributed by atoms with E-state index in [0.29, 0.717) is 35.4 Å². The molecular weight excluding hydrogens is 320 g/mol. The van der Waals surface area contributed by atoms with Crippen molar-refractivity contribution in [3.05, 3.63) is 36.0 Å². The number of carbonyl (C=O) groups is 1. The smallest absolute Gasteiger partial charge is 0.227 e. The minimum Gasteiger partial charge on any atom is -0.493 e. The molecule has 1 aromatic heterocycles. The van der Waals surface area contributed by atoms with Crippen molar-refractivity contribution in [1.82, 2.24) is 9.97 Å². The topological polar surface area (TPSA) is 90.6 Å². The molecule has 1 atom stereocenters. The average molecular weight is 342 g/mol. The predicted molar refractivity (Wildman–Crippen MR) is 95.3 cm³/mol. The van der Waals surface area contributed by atoms with Crippen molar-refractivity contribution in [3.8, 4) is 11.5 Å². The van der Waals surface area contributed by atoms with Gasteiger partial charge in [-0.3, -0.25) is 4.79 Å². The van der Waals surface area contributed by atoms with Crippen LogP contribution in [0.3, 0.4) is 0 Å². The van der Waals surface area contributed by atoms with Crippen molar-refractivity contribution < 1.29 is 14.3 Å². The van der Waals surface area contributed by atoms with Gasteiger partial charge in [-0.2, -0.15) is 4.98 Å². The van der Waals surface area contributed by atoms with E-state index in [9.17, 15) is 4.79 Å². The maximum atomic E-state index is 12.9. The van der Waals surface area contributed by atoms with Gasteiger partial charge in [-0.05, 0) is 37.1 Å². The molecule has 2 aromatic rings. The van der Waals surface area contributed by atoms with Crippen molar-refractivity contribution in [2.45, 2.75) is 12.8 Å². The van der Waals surface area contributed by atoms with Crippen LogP contribution in [-0.2, 0) is 0 Å². The summed E-state index contributed by atoms with van der Waals surface area (Å²) >= 11 is 0. The fraction of sp³-hybridized carbons (Fsp3) is 0.389. The molecule has 0 aliphatic carbocycles. The van der Waals surface area contributed by atoms with E-state index in [1.165, 1.54) is 0 Å². The van der Waals surface area contributed by atoms with Crippen LogP contribution in [0.4, 0.5) is 11.8 Å². The van der Waals surface area contributed by atoms with Crippen LogP contribution in [0.25, 0.3) is 0 Å². The van der Waals surface area contributed by atoms with Gasteiger partial charge >= 0.3 is 0 Å². The molecule has 1 fully saturated rings. The fourth-order valence-corrected chi connectivity index (χ4v) is 3.11. The SMILES string of the molecule is COc1ccc(C(=O)[C@H]2CCCN(c3nccc(N)n3)C2)cc1OC. The number of aromatic nitrogens is 2. The van der Waals surface area contributed by atoms with Gasteiger partial charge in [0, 0.05) is 30.8 Å². The lowest BCUT2D eigenvalue weighted by atomic mass is 9.90. The number of piperidine rings is 1. The highest BCUT2D eigenvalue weighted by atomic mass is 16.5. The number of rotatable bonds is 5. The van der Waals surface area contributed by atoms with Crippen molar-refractivity contribution in [2.75, 3.05) is 37.9 Å². The Morgan fingerprint density at radius 3 is 2.76 bits per heavy atom. The van der Waals surface area contributed by atoms with Gasteiger partial charge in [0.15, 0.2) is 17.3 Å². The number of nitrogens with two attached hydrogens (primary N) is 1. The summed E-state index contributed by atoms with van der Waals surface area (Å²) in [6.07, 6.45) is 3.38. The van der Waals surface area contributed by atoms with E-state index in [-0.39, 0.29) is 11.7 Å². The molecule has 2 heterocycles. The van der Waals surface area contributed by atoms with Crippen LogP contribution in [0.5, 0.6) is 11.5 Å². The Hall–Kier alpha value is -2.83. The summed E-state index contributed by atoms with van der Waals surface area (Å²) in [5.41, 5.74) is 6.36. The molecule has 2 N–H and O–H groups in total. The summed E-state index contributed by atoms with van der Waals surface area (Å²) in [5, 5.41) is 0. The van der Waals surface area contributed by atoms with Gasteiger partial charge in [-0.1, -0.05) is 0 Å². The molecule has 0 spiro atoms. The number of hydrogen-bond donors (Lipinski definition) is 1. The monoisotopic (exact) mass is 342 g/mol. The molecule has 7 nitrogen and oxygen atoms in total. The summed E-state index contributed by atoms with van der Waals surface area (Å²) in [5.74, 6) is 2.15. The second-order valence-corrected chi connectivity index (χ2v) is 6.00. The highest BCUT2D eigenvalue weighted by Crippen LogP contribution is 2.30. The Labute approximate surface area is 146 Å². The number of benzene rings is 1. The summed E-state index contributed by atoms with van der Waals surface area (Å²) in [6.45, 7) is 1.40. The third-order valence-corrected chi connectivity index (χ3v) is 4.41. The van der Waals surface area contributed by atoms with E-state index >= 15 is 0 Å². The minimum absolute atomic E-state index is 0.0922. The molecule has 0 amide bonds. The number of ether oxygens (including phenoxy) is 2. The van der Waals surface area contributed by atoms with Crippen molar-refractivity contribution in [2.24, 2.45) is 5.92 Å². The van der Waals surface area contributed by atoms with E-state index in [0.717, 1.165) is 19.4 Å². The average Bonchev–Trinajstić information content (AvgIpc) is 2.67. The van der Waals surface area contributed by atoms with Gasteiger partial charge < -0.3 is 20.1 Å². The number of Topliss-reactive ketones (excluding diaryl/α,β-unsaturated/α-hetero) is 1. The van der Waals surface area contributed by atoms with Gasteiger partial charge in [-0.15, -0.1) is 0 Å². The Bertz CT molecular complexity index is 766. The first-order chi connectivity index (χ1) is 12.1. The molecule has 7 heteroatoms. The number of nitrogen functional groups attached to an aromatic ring is 1. The second-order valence-electron chi connectivity index (χ2n) is 6.00. The van der Waals surface area contributed by atoms with Crippen LogP contribution in [0.2, 0.25) is 0 Å². The normalized spacial score (nSPS) is 17.2. The largest absolute Gasteiger partial charge is 0.493 e. The quantitative estimate of drug-likeness (QED) is 0.833. The molecule has 25 heavy (non-hydrogen) atoms. The highest BCUT2D eigenvalue weighted by Gasteiger charge is 2.28. The Kier molecular flexibility index (Phi) is 5.02. The van der Waals surface area contributed by atoms with Crippen molar-refractivity contribution >= 4 is 17.5 Å². The Balaban J connectivity index is 1.78. The predicted octanol–water partition coefficient (Wildman–Crippen LogP) is 2.18. The molecule has 132 valence electrons. The van der Waals surface area contributed by atoms with Crippen LogP contribution >= 0.6 is 0 Å². The zero-order valence-electron chi connectivity index (χ0n) is 14.4. The summed E-state index contributed by atoms with van der Waals surface area (Å²) in [6, 6.07) is 6.92. The summed E-state index contributed by atoms with van der Waals surface area (Å²) < 4.78 is 10.5. The van der Waals surface area contributed by atoms with Gasteiger partial charge in [0.05, 0.1) is 14.2 Å². The lowest BCUT2D eigenvalue weighted by Gasteiger charge is -2.32. The maximum absolute atomic E-state index is 12.9. The van der Waals surface area contributed by atoms with Crippen molar-refractivity contribution in [3.63, 3.8) is 0 Å². The standard InChI is InChI=1S/C18H22N4O3/c1-24-14-6-5-12(10-15(14)25-2)17(23)13-4-3-9-22(11-13)18-20-8-7-16(19)21-18/h5-8,10,13H,3-4,9,11H2,1-2H3,(H2,19,20,21)/t13-/m0/s1. The van der Waals surface area contributed by atoms with Gasteiger partial charge in [0.1, 0.15) is 5.82 Å². The zero-order valence-corrected chi connectivity index (χ0v) is 14.4. The molecular formula is C18H22N4O3. The first-order valence-electron chi connectivity index (χ1n) is 8.22. The number of ketones is 1. The third-order valence-electron chi connectivity index (χ3n) is 4.41. The van der Waals surface area contributed by atoms with Crippen LogP contribution in [0.1, 0.15) is 23.2 Å². The Morgan fingerprint density at radius 2 is 2.04 bits per heavy atom. The Morgan fingerprint density at radius 1 is 1.24 bits per heavy atom. The lowest BCUT2D eigenvalue weighted by Crippen LogP contribution is -2.39. The molecule has 3 rings (SSSR count). The summed E-state index contributed by atoms with van der Waals surface area (Å²) in [4.78, 5) is 23.5. The van der Waals surface area contributed by atoms with Crippen LogP contribution in [0.15, 0.2) is 30.5 Å². The van der Waals surface area contributed by atoms with Crippen molar-refractivity contribution in [1.29, 1.82) is 0 Å². The van der Waals surface area contributed by atoms with Gasteiger partial charge in [0.25, 0.3) is 0 Å². The van der Waals surface area contributed by atoms with E-state index in [1.807, 2.05) is 4.90 Å².